The smallest absolute Gasteiger partial charge is 0.114 e. The molecule has 0 amide bonds. The largest absolute Gasteiger partial charge is 0.296 e. The molecule has 0 N–H and O–H groups in total. The summed E-state index contributed by atoms with van der Waals surface area (Å²) in [6.45, 7) is 2.29. The second-order valence-corrected chi connectivity index (χ2v) is 6.69. The molecule has 1 aliphatic rings. The summed E-state index contributed by atoms with van der Waals surface area (Å²) in [5, 5.41) is 0. The van der Waals surface area contributed by atoms with Crippen LogP contribution in [0.2, 0.25) is 0 Å². The summed E-state index contributed by atoms with van der Waals surface area (Å²) in [5.74, 6) is 0. The van der Waals surface area contributed by atoms with Gasteiger partial charge in [0, 0.05) is 6.42 Å². The highest BCUT2D eigenvalue weighted by Crippen LogP contribution is 2.21. The van der Waals surface area contributed by atoms with E-state index in [1.807, 2.05) is 0 Å². The first-order chi connectivity index (χ1) is 8.93. The van der Waals surface area contributed by atoms with Gasteiger partial charge < -0.3 is 0 Å². The van der Waals surface area contributed by atoms with E-state index in [4.69, 9.17) is 4.18 Å². The first-order valence-corrected chi connectivity index (χ1v) is 9.17. The summed E-state index contributed by atoms with van der Waals surface area (Å²) in [7, 11) is 0. The predicted octanol–water partition coefficient (Wildman–Crippen LogP) is 5.55. The van der Waals surface area contributed by atoms with Gasteiger partial charge in [0.15, 0.2) is 12.0 Å². The Morgan fingerprint density at radius 3 is 1.44 bits per heavy atom. The van der Waals surface area contributed by atoms with Gasteiger partial charge in [0.2, 0.25) is 0 Å². The topological polar surface area (TPSA) is 12.5 Å². The Balaban J connectivity index is 1.60. The van der Waals surface area contributed by atoms with Crippen molar-refractivity contribution in [3.63, 3.8) is 0 Å². The van der Waals surface area contributed by atoms with Crippen LogP contribution >= 0.6 is 0 Å². The monoisotopic (exact) mass is 273 g/mol. The Bertz CT molecular complexity index is 168. The van der Waals surface area contributed by atoms with Crippen LogP contribution in [0.4, 0.5) is 0 Å². The first kappa shape index (κ1) is 16.4. The van der Waals surface area contributed by atoms with Crippen LogP contribution < -0.4 is 0 Å². The molecule has 1 atom stereocenters. The minimum absolute atomic E-state index is 0.623. The van der Waals surface area contributed by atoms with Gasteiger partial charge in [0.1, 0.15) is 0 Å². The maximum atomic E-state index is 5.19. The summed E-state index contributed by atoms with van der Waals surface area (Å²) >= 11 is 1.24. The lowest BCUT2D eigenvalue weighted by molar-refractivity contribution is 0.423. The molecule has 0 saturated carbocycles. The van der Waals surface area contributed by atoms with Crippen LogP contribution in [0.25, 0.3) is 0 Å². The molecule has 18 heavy (non-hydrogen) atoms. The highest BCUT2D eigenvalue weighted by molar-refractivity contribution is 7.79. The fraction of sp³-hybridized carbons (Fsp3) is 1.00. The van der Waals surface area contributed by atoms with Crippen molar-refractivity contribution >= 4 is 12.0 Å². The van der Waals surface area contributed by atoms with Crippen molar-refractivity contribution < 1.29 is 4.18 Å². The standard InChI is InChI=1S/C16H32OS/c1-2-3-4-5-6-7-8-9-10-11-12-13-14-15-16-17-18-16/h16H,2-15H2,1H3/p+1/t16-/m1/s1. The molecule has 0 aromatic rings. The molecule has 108 valence electrons. The second-order valence-electron chi connectivity index (χ2n) is 5.70. The summed E-state index contributed by atoms with van der Waals surface area (Å²) in [6, 6.07) is 0. The molecule has 1 rings (SSSR count). The lowest BCUT2D eigenvalue weighted by Crippen LogP contribution is -1.85. The average Bonchev–Trinajstić information content (AvgIpc) is 3.19. The third-order valence-electron chi connectivity index (χ3n) is 3.81. The van der Waals surface area contributed by atoms with Gasteiger partial charge in [-0.2, -0.15) is 0 Å². The Kier molecular flexibility index (Phi) is 11.2. The summed E-state index contributed by atoms with van der Waals surface area (Å²) in [4.78, 5) is 0. The minimum atomic E-state index is 0.623. The van der Waals surface area contributed by atoms with Gasteiger partial charge in [0.25, 0.3) is 5.44 Å². The van der Waals surface area contributed by atoms with Crippen molar-refractivity contribution in [1.82, 2.24) is 0 Å². The van der Waals surface area contributed by atoms with Gasteiger partial charge in [-0.3, -0.25) is 0 Å². The molecule has 0 aliphatic carbocycles. The predicted molar refractivity (Wildman–Crippen MR) is 83.9 cm³/mol. The highest BCUT2D eigenvalue weighted by Gasteiger charge is 2.36. The normalized spacial score (nSPS) is 18.2. The van der Waals surface area contributed by atoms with Gasteiger partial charge in [-0.25, -0.2) is 0 Å². The molecule has 1 saturated heterocycles. The van der Waals surface area contributed by atoms with Gasteiger partial charge in [0.05, 0.1) is 0 Å². The first-order valence-electron chi connectivity index (χ1n) is 8.29. The van der Waals surface area contributed by atoms with Crippen LogP contribution in [0.15, 0.2) is 0 Å². The van der Waals surface area contributed by atoms with Crippen molar-refractivity contribution in [3.8, 4) is 0 Å². The summed E-state index contributed by atoms with van der Waals surface area (Å²) in [6.07, 6.45) is 20.1. The third kappa shape index (κ3) is 11.4. The Morgan fingerprint density at radius 2 is 1.06 bits per heavy atom. The minimum Gasteiger partial charge on any atom is -0.114 e. The summed E-state index contributed by atoms with van der Waals surface area (Å²) < 4.78 is 5.19. The molecule has 0 unspecified atom stereocenters. The molecule has 1 nitrogen and oxygen atoms in total. The Labute approximate surface area is 119 Å². The average molecular weight is 274 g/mol. The van der Waals surface area contributed by atoms with Gasteiger partial charge in [-0.15, -0.1) is 4.18 Å². The zero-order valence-electron chi connectivity index (χ0n) is 12.3. The Hall–Kier alpha value is 0.310. The molecule has 1 heterocycles. The third-order valence-corrected chi connectivity index (χ3v) is 4.58. The number of unbranched alkanes of at least 4 members (excludes halogenated alkanes) is 12. The molecule has 2 heteroatoms. The van der Waals surface area contributed by atoms with E-state index in [1.54, 1.807) is 0 Å². The quantitative estimate of drug-likeness (QED) is 0.175. The fourth-order valence-corrected chi connectivity index (χ4v) is 2.96. The molecule has 0 bridgehead atoms. The van der Waals surface area contributed by atoms with Crippen molar-refractivity contribution in [2.45, 2.75) is 102 Å². The molecule has 0 aromatic heterocycles. The van der Waals surface area contributed by atoms with Crippen molar-refractivity contribution in [1.29, 1.82) is 0 Å². The summed E-state index contributed by atoms with van der Waals surface area (Å²) in [5.41, 5.74) is 0.623. The SMILES string of the molecule is CCCCCCCCCCCCCCC[C@@H]1O[SH+]1. The number of hydrogen-bond donors (Lipinski definition) is 0. The van der Waals surface area contributed by atoms with E-state index in [0.29, 0.717) is 5.44 Å². The molecule has 1 fully saturated rings. The van der Waals surface area contributed by atoms with Crippen LogP contribution in [0, 0.1) is 0 Å². The maximum Gasteiger partial charge on any atom is 0.296 e. The lowest BCUT2D eigenvalue weighted by Gasteiger charge is -2.02. The van der Waals surface area contributed by atoms with E-state index >= 15 is 0 Å². The van der Waals surface area contributed by atoms with E-state index in [2.05, 4.69) is 6.92 Å². The molecular formula is C16H33OS+. The van der Waals surface area contributed by atoms with E-state index in [0.717, 1.165) is 0 Å². The highest BCUT2D eigenvalue weighted by atomic mass is 32.2. The second kappa shape index (κ2) is 12.3. The molecule has 0 spiro atoms. The van der Waals surface area contributed by atoms with E-state index in [9.17, 15) is 0 Å². The Morgan fingerprint density at radius 1 is 0.667 bits per heavy atom. The van der Waals surface area contributed by atoms with Crippen molar-refractivity contribution in [2.24, 2.45) is 0 Å². The van der Waals surface area contributed by atoms with Crippen LogP contribution in [0.3, 0.4) is 0 Å². The number of thiol groups is 1. The maximum absolute atomic E-state index is 5.19. The van der Waals surface area contributed by atoms with E-state index in [1.165, 1.54) is 102 Å². The van der Waals surface area contributed by atoms with Gasteiger partial charge in [-0.05, 0) is 6.42 Å². The fourth-order valence-electron chi connectivity index (χ4n) is 2.49. The molecule has 0 radical (unpaired) electrons. The zero-order valence-corrected chi connectivity index (χ0v) is 13.2. The lowest BCUT2D eigenvalue weighted by atomic mass is 10.0. The van der Waals surface area contributed by atoms with Crippen molar-refractivity contribution in [2.75, 3.05) is 0 Å². The van der Waals surface area contributed by atoms with Crippen LogP contribution in [-0.4, -0.2) is 5.44 Å². The zero-order chi connectivity index (χ0) is 12.9. The van der Waals surface area contributed by atoms with Crippen molar-refractivity contribution in [3.05, 3.63) is 0 Å². The molecular weight excluding hydrogens is 240 g/mol. The van der Waals surface area contributed by atoms with Gasteiger partial charge >= 0.3 is 0 Å². The van der Waals surface area contributed by atoms with Crippen LogP contribution in [0.5, 0.6) is 0 Å². The van der Waals surface area contributed by atoms with Gasteiger partial charge in [-0.1, -0.05) is 84.0 Å². The van der Waals surface area contributed by atoms with Crippen LogP contribution in [-0.2, 0) is 16.2 Å². The number of hydrogen-bond acceptors (Lipinski definition) is 1. The van der Waals surface area contributed by atoms with E-state index < -0.39 is 0 Å². The van der Waals surface area contributed by atoms with E-state index in [-0.39, 0.29) is 0 Å². The van der Waals surface area contributed by atoms with Crippen LogP contribution in [0.1, 0.15) is 96.8 Å². The number of rotatable bonds is 14. The molecule has 0 aromatic carbocycles. The molecule has 1 aliphatic heterocycles.